The maximum absolute atomic E-state index is 10.7. The van der Waals surface area contributed by atoms with E-state index in [-0.39, 0.29) is 12.0 Å². The Hall–Kier alpha value is -1.53. The molecule has 1 aliphatic heterocycles. The molecule has 0 aromatic carbocycles. The zero-order chi connectivity index (χ0) is 12.1. The zero-order valence-corrected chi connectivity index (χ0v) is 9.56. The molecule has 1 fully saturated rings. The Bertz CT molecular complexity index is 391. The van der Waals surface area contributed by atoms with Crippen molar-refractivity contribution in [1.29, 1.82) is 0 Å². The average molecular weight is 236 g/mol. The summed E-state index contributed by atoms with van der Waals surface area (Å²) >= 11 is 0. The lowest BCUT2D eigenvalue weighted by Crippen LogP contribution is -2.33. The maximum atomic E-state index is 10.7. The first-order valence-electron chi connectivity index (χ1n) is 5.67. The molecule has 17 heavy (non-hydrogen) atoms. The van der Waals surface area contributed by atoms with Gasteiger partial charge in [-0.15, -0.1) is 0 Å². The minimum absolute atomic E-state index is 0.0511. The number of nitrogens with zero attached hydrogens (tertiary/aromatic N) is 2. The number of carbonyl (C=O) groups excluding carboxylic acids is 1. The molecule has 1 atom stereocenters. The van der Waals surface area contributed by atoms with E-state index in [0.29, 0.717) is 19.4 Å². The van der Waals surface area contributed by atoms with Crippen LogP contribution in [0.5, 0.6) is 0 Å². The Morgan fingerprint density at radius 2 is 2.47 bits per heavy atom. The van der Waals surface area contributed by atoms with Gasteiger partial charge < -0.3 is 15.8 Å². The Labute approximate surface area is 99.6 Å². The van der Waals surface area contributed by atoms with E-state index in [1.807, 2.05) is 0 Å². The Morgan fingerprint density at radius 1 is 1.59 bits per heavy atom. The van der Waals surface area contributed by atoms with Crippen LogP contribution in [-0.2, 0) is 16.0 Å². The van der Waals surface area contributed by atoms with Crippen molar-refractivity contribution in [1.82, 2.24) is 15.3 Å². The summed E-state index contributed by atoms with van der Waals surface area (Å²) in [6.07, 6.45) is 4.12. The number of amides is 1. The fourth-order valence-corrected chi connectivity index (χ4v) is 1.71. The number of primary amides is 1. The average Bonchev–Trinajstić information content (AvgIpc) is 2.38. The van der Waals surface area contributed by atoms with Crippen LogP contribution >= 0.6 is 0 Å². The van der Waals surface area contributed by atoms with E-state index in [9.17, 15) is 4.79 Å². The molecule has 1 aliphatic rings. The molecule has 1 aromatic heterocycles. The van der Waals surface area contributed by atoms with Crippen LogP contribution in [0.1, 0.15) is 23.9 Å². The molecular formula is C11H16N4O2. The molecule has 92 valence electrons. The predicted molar refractivity (Wildman–Crippen MR) is 61.1 cm³/mol. The molecule has 0 spiro atoms. The molecule has 1 amide bonds. The van der Waals surface area contributed by atoms with Crippen LogP contribution in [0.15, 0.2) is 12.4 Å². The molecular weight excluding hydrogens is 220 g/mol. The number of nitrogens with two attached hydrogens (primary N) is 1. The summed E-state index contributed by atoms with van der Waals surface area (Å²) in [6.45, 7) is 2.29. The first-order valence-corrected chi connectivity index (χ1v) is 5.67. The number of aromatic nitrogens is 2. The Kier molecular flexibility index (Phi) is 4.00. The van der Waals surface area contributed by atoms with Crippen molar-refractivity contribution >= 4 is 5.91 Å². The molecule has 3 N–H and O–H groups in total. The molecule has 1 saturated heterocycles. The van der Waals surface area contributed by atoms with Crippen molar-refractivity contribution in [3.8, 4) is 0 Å². The van der Waals surface area contributed by atoms with Crippen LogP contribution in [0.25, 0.3) is 0 Å². The number of hydrogen-bond acceptors (Lipinski definition) is 5. The third-order valence-corrected chi connectivity index (χ3v) is 2.59. The van der Waals surface area contributed by atoms with Gasteiger partial charge in [0.25, 0.3) is 0 Å². The van der Waals surface area contributed by atoms with Crippen LogP contribution in [0.4, 0.5) is 0 Å². The van der Waals surface area contributed by atoms with Gasteiger partial charge in [-0.3, -0.25) is 14.8 Å². The van der Waals surface area contributed by atoms with Crippen LogP contribution < -0.4 is 11.1 Å². The minimum Gasteiger partial charge on any atom is -0.370 e. The topological polar surface area (TPSA) is 90.1 Å². The quantitative estimate of drug-likeness (QED) is 0.739. The predicted octanol–water partition coefficient (Wildman–Crippen LogP) is -0.445. The van der Waals surface area contributed by atoms with Crippen LogP contribution in [0.3, 0.4) is 0 Å². The molecule has 2 rings (SSSR count). The summed E-state index contributed by atoms with van der Waals surface area (Å²) in [5, 5.41) is 3.24. The standard InChI is InChI=1S/C11H16N4O2/c12-11(16)2-1-8-5-14-6-9(15-8)10-7-13-3-4-17-10/h5-6,10,13H,1-4,7H2,(H2,12,16)/t10-/m0/s1. The molecule has 0 saturated carbocycles. The molecule has 0 bridgehead atoms. The van der Waals surface area contributed by atoms with Gasteiger partial charge in [-0.25, -0.2) is 0 Å². The lowest BCUT2D eigenvalue weighted by molar-refractivity contribution is -0.118. The number of nitrogens with one attached hydrogen (secondary N) is 1. The lowest BCUT2D eigenvalue weighted by Gasteiger charge is -2.23. The number of rotatable bonds is 4. The van der Waals surface area contributed by atoms with E-state index in [1.54, 1.807) is 12.4 Å². The van der Waals surface area contributed by atoms with Gasteiger partial charge in [-0.2, -0.15) is 0 Å². The second-order valence-corrected chi connectivity index (χ2v) is 3.97. The number of morpholine rings is 1. The van der Waals surface area contributed by atoms with Gasteiger partial charge in [0.2, 0.25) is 5.91 Å². The van der Waals surface area contributed by atoms with Crippen LogP contribution in [0.2, 0.25) is 0 Å². The molecule has 6 heteroatoms. The fourth-order valence-electron chi connectivity index (χ4n) is 1.71. The van der Waals surface area contributed by atoms with Crippen molar-refractivity contribution in [3.05, 3.63) is 23.8 Å². The van der Waals surface area contributed by atoms with Crippen molar-refractivity contribution in [2.75, 3.05) is 19.7 Å². The largest absolute Gasteiger partial charge is 0.370 e. The first kappa shape index (κ1) is 11.9. The normalized spacial score (nSPS) is 20.1. The third kappa shape index (κ3) is 3.47. The highest BCUT2D eigenvalue weighted by Gasteiger charge is 2.17. The highest BCUT2D eigenvalue weighted by Crippen LogP contribution is 2.15. The summed E-state index contributed by atoms with van der Waals surface area (Å²) in [5.41, 5.74) is 6.68. The Morgan fingerprint density at radius 3 is 3.18 bits per heavy atom. The van der Waals surface area contributed by atoms with E-state index >= 15 is 0 Å². The number of aryl methyl sites for hydroxylation is 1. The summed E-state index contributed by atoms with van der Waals surface area (Å²) in [5.74, 6) is -0.326. The second-order valence-electron chi connectivity index (χ2n) is 3.97. The zero-order valence-electron chi connectivity index (χ0n) is 9.56. The third-order valence-electron chi connectivity index (χ3n) is 2.59. The van der Waals surface area contributed by atoms with Gasteiger partial charge in [-0.1, -0.05) is 0 Å². The van der Waals surface area contributed by atoms with Gasteiger partial charge >= 0.3 is 0 Å². The van der Waals surface area contributed by atoms with Crippen LogP contribution in [0, 0.1) is 0 Å². The summed E-state index contributed by atoms with van der Waals surface area (Å²) in [6, 6.07) is 0. The molecule has 0 radical (unpaired) electrons. The van der Waals surface area contributed by atoms with E-state index in [0.717, 1.165) is 24.5 Å². The smallest absolute Gasteiger partial charge is 0.217 e. The molecule has 6 nitrogen and oxygen atoms in total. The lowest BCUT2D eigenvalue weighted by atomic mass is 10.2. The molecule has 1 aromatic rings. The van der Waals surface area contributed by atoms with Crippen LogP contribution in [-0.4, -0.2) is 35.6 Å². The molecule has 0 unspecified atom stereocenters. The van der Waals surface area contributed by atoms with Gasteiger partial charge in [0.05, 0.1) is 24.2 Å². The van der Waals surface area contributed by atoms with Crippen molar-refractivity contribution < 1.29 is 9.53 Å². The first-order chi connectivity index (χ1) is 8.25. The number of carbonyl (C=O) groups is 1. The van der Waals surface area contributed by atoms with Gasteiger partial charge in [0, 0.05) is 25.7 Å². The van der Waals surface area contributed by atoms with E-state index in [1.165, 1.54) is 0 Å². The van der Waals surface area contributed by atoms with Gasteiger partial charge in [-0.05, 0) is 6.42 Å². The van der Waals surface area contributed by atoms with Crippen molar-refractivity contribution in [2.24, 2.45) is 5.73 Å². The highest BCUT2D eigenvalue weighted by molar-refractivity contribution is 5.73. The van der Waals surface area contributed by atoms with Gasteiger partial charge in [0.15, 0.2) is 0 Å². The summed E-state index contributed by atoms with van der Waals surface area (Å²) < 4.78 is 5.59. The maximum Gasteiger partial charge on any atom is 0.217 e. The minimum atomic E-state index is -0.326. The fraction of sp³-hybridized carbons (Fsp3) is 0.545. The van der Waals surface area contributed by atoms with Crippen molar-refractivity contribution in [2.45, 2.75) is 18.9 Å². The van der Waals surface area contributed by atoms with E-state index in [4.69, 9.17) is 10.5 Å². The second kappa shape index (κ2) is 5.70. The highest BCUT2D eigenvalue weighted by atomic mass is 16.5. The van der Waals surface area contributed by atoms with E-state index < -0.39 is 0 Å². The molecule has 0 aliphatic carbocycles. The van der Waals surface area contributed by atoms with E-state index in [2.05, 4.69) is 15.3 Å². The number of hydrogen-bond donors (Lipinski definition) is 2. The van der Waals surface area contributed by atoms with Gasteiger partial charge in [0.1, 0.15) is 6.10 Å². The Balaban J connectivity index is 2.02. The summed E-state index contributed by atoms with van der Waals surface area (Å²) in [4.78, 5) is 19.2. The summed E-state index contributed by atoms with van der Waals surface area (Å²) in [7, 11) is 0. The SMILES string of the molecule is NC(=O)CCc1cncc([C@@H]2CNCCO2)n1. The number of ether oxygens (including phenoxy) is 1. The molecule has 2 heterocycles. The van der Waals surface area contributed by atoms with Crippen molar-refractivity contribution in [3.63, 3.8) is 0 Å². The monoisotopic (exact) mass is 236 g/mol.